The minimum absolute atomic E-state index is 0.0368. The van der Waals surface area contributed by atoms with E-state index in [2.05, 4.69) is 4.98 Å². The number of hydrogen-bond acceptors (Lipinski definition) is 3. The summed E-state index contributed by atoms with van der Waals surface area (Å²) in [5.74, 6) is 0.414. The molecule has 0 bridgehead atoms. The van der Waals surface area contributed by atoms with Crippen molar-refractivity contribution < 1.29 is 9.59 Å². The molecule has 124 valence electrons. The molecule has 1 aliphatic heterocycles. The third-order valence-electron chi connectivity index (χ3n) is 4.63. The van der Waals surface area contributed by atoms with Crippen LogP contribution in [0.3, 0.4) is 0 Å². The van der Waals surface area contributed by atoms with Crippen LogP contribution in [-0.2, 0) is 11.2 Å². The molecule has 1 aromatic heterocycles. The van der Waals surface area contributed by atoms with Gasteiger partial charge in [-0.1, -0.05) is 36.4 Å². The third kappa shape index (κ3) is 4.07. The fourth-order valence-corrected chi connectivity index (χ4v) is 3.18. The van der Waals surface area contributed by atoms with Crippen molar-refractivity contribution in [3.8, 4) is 0 Å². The Balaban J connectivity index is 1.48. The van der Waals surface area contributed by atoms with Crippen molar-refractivity contribution in [2.75, 3.05) is 13.1 Å². The monoisotopic (exact) mass is 322 g/mol. The lowest BCUT2D eigenvalue weighted by atomic mass is 9.89. The fourth-order valence-electron chi connectivity index (χ4n) is 3.18. The van der Waals surface area contributed by atoms with E-state index in [1.54, 1.807) is 12.4 Å². The van der Waals surface area contributed by atoms with Gasteiger partial charge < -0.3 is 4.90 Å². The van der Waals surface area contributed by atoms with Crippen LogP contribution in [0.5, 0.6) is 0 Å². The molecule has 1 amide bonds. The minimum atomic E-state index is 0.0368. The van der Waals surface area contributed by atoms with E-state index in [4.69, 9.17) is 0 Å². The van der Waals surface area contributed by atoms with Crippen LogP contribution in [-0.4, -0.2) is 34.7 Å². The van der Waals surface area contributed by atoms with Gasteiger partial charge in [-0.05, 0) is 30.9 Å². The number of nitrogens with zero attached hydrogens (tertiary/aromatic N) is 2. The number of benzene rings is 1. The predicted molar refractivity (Wildman–Crippen MR) is 92.6 cm³/mol. The zero-order valence-corrected chi connectivity index (χ0v) is 13.7. The zero-order chi connectivity index (χ0) is 16.8. The second-order valence-electron chi connectivity index (χ2n) is 6.25. The van der Waals surface area contributed by atoms with Crippen molar-refractivity contribution in [1.82, 2.24) is 9.88 Å². The van der Waals surface area contributed by atoms with Crippen LogP contribution in [0.4, 0.5) is 0 Å². The molecule has 1 saturated heterocycles. The number of amides is 1. The van der Waals surface area contributed by atoms with Gasteiger partial charge in [0, 0.05) is 43.4 Å². The van der Waals surface area contributed by atoms with E-state index in [0.717, 1.165) is 30.4 Å². The number of Topliss-reactive ketones (excluding diaryl/α,β-unsaturated/α-hetero) is 1. The molecular weight excluding hydrogens is 300 g/mol. The molecule has 0 spiro atoms. The molecule has 0 radical (unpaired) electrons. The van der Waals surface area contributed by atoms with Gasteiger partial charge in [-0.3, -0.25) is 14.6 Å². The number of carbonyl (C=O) groups is 2. The molecule has 1 aromatic carbocycles. The summed E-state index contributed by atoms with van der Waals surface area (Å²) in [4.78, 5) is 30.8. The number of pyridine rings is 1. The molecule has 0 unspecified atom stereocenters. The maximum absolute atomic E-state index is 12.5. The molecule has 24 heavy (non-hydrogen) atoms. The summed E-state index contributed by atoms with van der Waals surface area (Å²) in [6.45, 7) is 1.35. The van der Waals surface area contributed by atoms with Gasteiger partial charge in [0.05, 0.1) is 0 Å². The number of carbonyl (C=O) groups excluding carboxylic acids is 2. The summed E-state index contributed by atoms with van der Waals surface area (Å²) in [5.41, 5.74) is 1.86. The lowest BCUT2D eigenvalue weighted by Crippen LogP contribution is -2.40. The Morgan fingerprint density at radius 3 is 2.46 bits per heavy atom. The van der Waals surface area contributed by atoms with Gasteiger partial charge in [0.15, 0.2) is 5.78 Å². The number of ketones is 1. The highest BCUT2D eigenvalue weighted by Crippen LogP contribution is 2.22. The molecule has 0 N–H and O–H groups in total. The van der Waals surface area contributed by atoms with E-state index < -0.39 is 0 Å². The summed E-state index contributed by atoms with van der Waals surface area (Å²) in [7, 11) is 0. The van der Waals surface area contributed by atoms with Crippen LogP contribution in [0.1, 0.15) is 35.2 Å². The van der Waals surface area contributed by atoms with Crippen molar-refractivity contribution in [3.05, 3.63) is 66.0 Å². The fraction of sp³-hybridized carbons (Fsp3) is 0.350. The average molecular weight is 322 g/mol. The van der Waals surface area contributed by atoms with Crippen molar-refractivity contribution in [2.45, 2.75) is 25.7 Å². The Bertz CT molecular complexity index is 677. The summed E-state index contributed by atoms with van der Waals surface area (Å²) >= 11 is 0. The molecule has 3 rings (SSSR count). The molecule has 0 atom stereocenters. The molecule has 4 nitrogen and oxygen atoms in total. The molecule has 4 heteroatoms. The largest absolute Gasteiger partial charge is 0.343 e. The average Bonchev–Trinajstić information content (AvgIpc) is 2.67. The van der Waals surface area contributed by atoms with Crippen molar-refractivity contribution in [2.24, 2.45) is 5.92 Å². The van der Waals surface area contributed by atoms with Crippen molar-refractivity contribution in [3.63, 3.8) is 0 Å². The molecular formula is C20H22N2O2. The molecule has 2 heterocycles. The molecule has 2 aromatic rings. The summed E-state index contributed by atoms with van der Waals surface area (Å²) in [6.07, 6.45) is 6.27. The van der Waals surface area contributed by atoms with E-state index in [1.807, 2.05) is 47.4 Å². The second kappa shape index (κ2) is 7.86. The van der Waals surface area contributed by atoms with Gasteiger partial charge in [0.2, 0.25) is 5.91 Å². The van der Waals surface area contributed by atoms with Gasteiger partial charge in [-0.25, -0.2) is 0 Å². The van der Waals surface area contributed by atoms with E-state index >= 15 is 0 Å². The molecule has 1 aliphatic rings. The second-order valence-corrected chi connectivity index (χ2v) is 6.25. The standard InChI is InChI=1S/C20H22N2O2/c23-19(9-8-16-5-4-12-21-15-16)22-13-10-18(11-14-22)20(24)17-6-2-1-3-7-17/h1-7,12,15,18H,8-11,13-14H2. The molecule has 1 fully saturated rings. The minimum Gasteiger partial charge on any atom is -0.343 e. The van der Waals surface area contributed by atoms with Gasteiger partial charge in [-0.15, -0.1) is 0 Å². The summed E-state index contributed by atoms with van der Waals surface area (Å²) in [6, 6.07) is 13.3. The highest BCUT2D eigenvalue weighted by molar-refractivity contribution is 5.98. The van der Waals surface area contributed by atoms with E-state index in [0.29, 0.717) is 19.5 Å². The molecule has 0 saturated carbocycles. The van der Waals surface area contributed by atoms with Crippen molar-refractivity contribution in [1.29, 1.82) is 0 Å². The van der Waals surface area contributed by atoms with Crippen LogP contribution >= 0.6 is 0 Å². The van der Waals surface area contributed by atoms with Crippen LogP contribution in [0.25, 0.3) is 0 Å². The lowest BCUT2D eigenvalue weighted by molar-refractivity contribution is -0.132. The van der Waals surface area contributed by atoms with Gasteiger partial charge >= 0.3 is 0 Å². The molecule has 0 aliphatic carbocycles. The predicted octanol–water partition coefficient (Wildman–Crippen LogP) is 3.14. The zero-order valence-electron chi connectivity index (χ0n) is 13.7. The summed E-state index contributed by atoms with van der Waals surface area (Å²) in [5, 5.41) is 0. The first-order valence-electron chi connectivity index (χ1n) is 8.50. The SMILES string of the molecule is O=C(c1ccccc1)C1CCN(C(=O)CCc2cccnc2)CC1. The quantitative estimate of drug-likeness (QED) is 0.795. The number of aryl methyl sites for hydroxylation is 1. The van der Waals surface area contributed by atoms with Gasteiger partial charge in [0.25, 0.3) is 0 Å². The number of rotatable bonds is 5. The van der Waals surface area contributed by atoms with Crippen LogP contribution < -0.4 is 0 Å². The highest BCUT2D eigenvalue weighted by atomic mass is 16.2. The number of hydrogen-bond donors (Lipinski definition) is 0. The van der Waals surface area contributed by atoms with Crippen LogP contribution in [0.15, 0.2) is 54.9 Å². The van der Waals surface area contributed by atoms with Crippen LogP contribution in [0, 0.1) is 5.92 Å². The lowest BCUT2D eigenvalue weighted by Gasteiger charge is -2.31. The first kappa shape index (κ1) is 16.4. The normalized spacial score (nSPS) is 15.2. The van der Waals surface area contributed by atoms with E-state index in [9.17, 15) is 9.59 Å². The maximum atomic E-state index is 12.5. The Morgan fingerprint density at radius 2 is 1.79 bits per heavy atom. The Labute approximate surface area is 142 Å². The topological polar surface area (TPSA) is 50.3 Å². The van der Waals surface area contributed by atoms with Gasteiger partial charge in [0.1, 0.15) is 0 Å². The Morgan fingerprint density at radius 1 is 1.04 bits per heavy atom. The van der Waals surface area contributed by atoms with Crippen molar-refractivity contribution >= 4 is 11.7 Å². The first-order valence-corrected chi connectivity index (χ1v) is 8.50. The van der Waals surface area contributed by atoms with E-state index in [-0.39, 0.29) is 17.6 Å². The Hall–Kier alpha value is -2.49. The van der Waals surface area contributed by atoms with Gasteiger partial charge in [-0.2, -0.15) is 0 Å². The summed E-state index contributed by atoms with van der Waals surface area (Å²) < 4.78 is 0. The number of likely N-dealkylation sites (tertiary alicyclic amines) is 1. The van der Waals surface area contributed by atoms with Crippen LogP contribution in [0.2, 0.25) is 0 Å². The third-order valence-corrected chi connectivity index (χ3v) is 4.63. The van der Waals surface area contributed by atoms with E-state index in [1.165, 1.54) is 0 Å². The highest BCUT2D eigenvalue weighted by Gasteiger charge is 2.27. The number of piperidine rings is 1. The number of aromatic nitrogens is 1. The Kier molecular flexibility index (Phi) is 5.36. The first-order chi connectivity index (χ1) is 11.7. The smallest absolute Gasteiger partial charge is 0.222 e. The maximum Gasteiger partial charge on any atom is 0.222 e.